The largest absolute Gasteiger partial charge is 0.497 e. The highest BCUT2D eigenvalue weighted by Gasteiger charge is 2.44. The molecule has 288 valence electrons. The molecule has 0 saturated carbocycles. The molecule has 0 spiro atoms. The second-order valence-electron chi connectivity index (χ2n) is 18.4. The molecule has 2 aromatic carbocycles. The first-order chi connectivity index (χ1) is 23.7. The lowest BCUT2D eigenvalue weighted by molar-refractivity contribution is -0.0601. The van der Waals surface area contributed by atoms with E-state index in [2.05, 4.69) is 149 Å². The Balaban J connectivity index is 1.94. The summed E-state index contributed by atoms with van der Waals surface area (Å²) in [5.74, 6) is 3.95. The number of methoxy groups -OCH3 is 1. The fourth-order valence-electron chi connectivity index (χ4n) is 6.90. The maximum absolute atomic E-state index is 7.37. The van der Waals surface area contributed by atoms with Crippen LogP contribution in [0.4, 0.5) is 0 Å². The minimum absolute atomic E-state index is 0.0171. The number of hydrogen-bond acceptors (Lipinski definition) is 4. The summed E-state index contributed by atoms with van der Waals surface area (Å²) in [6.45, 7) is 29.8. The molecule has 51 heavy (non-hydrogen) atoms. The highest BCUT2D eigenvalue weighted by atomic mass is 31.2. The van der Waals surface area contributed by atoms with Crippen LogP contribution in [0.1, 0.15) is 100.0 Å². The Morgan fingerprint density at radius 1 is 0.765 bits per heavy atom. The number of ether oxygens (including phenoxy) is 2. The van der Waals surface area contributed by atoms with E-state index in [0.717, 1.165) is 24.2 Å². The van der Waals surface area contributed by atoms with Gasteiger partial charge in [-0.1, -0.05) is 129 Å². The lowest BCUT2D eigenvalue weighted by Gasteiger charge is -2.45. The second-order valence-corrected chi connectivity index (χ2v) is 31.8. The summed E-state index contributed by atoms with van der Waals surface area (Å²) in [6.07, 6.45) is 13.6. The average molecular weight is 755 g/mol. The highest BCUT2D eigenvalue weighted by Crippen LogP contribution is 2.50. The number of hydrogen-bond donors (Lipinski definition) is 0. The van der Waals surface area contributed by atoms with E-state index in [9.17, 15) is 0 Å². The minimum atomic E-state index is -2.10. The zero-order chi connectivity index (χ0) is 38.1. The van der Waals surface area contributed by atoms with E-state index in [0.29, 0.717) is 6.61 Å². The molecule has 5 atom stereocenters. The third-order valence-corrected chi connectivity index (χ3v) is 25.8. The van der Waals surface area contributed by atoms with Crippen LogP contribution in [0.2, 0.25) is 36.3 Å². The first-order valence-corrected chi connectivity index (χ1v) is 27.8. The summed E-state index contributed by atoms with van der Waals surface area (Å²) >= 11 is 0. The molecule has 7 heteroatoms. The second kappa shape index (κ2) is 18.8. The fraction of sp³-hybridized carbons (Fsp3) is 0.659. The first kappa shape index (κ1) is 44.0. The predicted molar refractivity (Wildman–Crippen MR) is 231 cm³/mol. The average Bonchev–Trinajstić information content (AvgIpc) is 3.06. The zero-order valence-electron chi connectivity index (χ0n) is 35.1. The van der Waals surface area contributed by atoms with Gasteiger partial charge in [-0.15, -0.1) is 0 Å². The molecule has 0 radical (unpaired) electrons. The van der Waals surface area contributed by atoms with Crippen LogP contribution in [0.5, 0.6) is 5.75 Å². The molecule has 1 aliphatic rings. The van der Waals surface area contributed by atoms with Crippen LogP contribution < -0.4 is 10.0 Å². The van der Waals surface area contributed by atoms with Crippen LogP contribution in [0.15, 0.2) is 66.7 Å². The van der Waals surface area contributed by atoms with E-state index < -0.39 is 23.5 Å². The molecule has 1 heterocycles. The Bertz CT molecular complexity index is 1400. The number of rotatable bonds is 17. The molecule has 0 N–H and O–H groups in total. The fourth-order valence-corrected chi connectivity index (χ4v) is 14.0. The molecule has 1 unspecified atom stereocenters. The van der Waals surface area contributed by atoms with E-state index in [4.69, 9.17) is 18.3 Å². The van der Waals surface area contributed by atoms with Crippen molar-refractivity contribution < 1.29 is 18.3 Å². The zero-order valence-corrected chi connectivity index (χ0v) is 37.9. The van der Waals surface area contributed by atoms with Gasteiger partial charge in [0, 0.05) is 17.9 Å². The van der Waals surface area contributed by atoms with Gasteiger partial charge in [0.15, 0.2) is 16.6 Å². The van der Waals surface area contributed by atoms with Gasteiger partial charge in [0.05, 0.1) is 25.9 Å². The monoisotopic (exact) mass is 754 g/mol. The quantitative estimate of drug-likeness (QED) is 0.0915. The van der Waals surface area contributed by atoms with E-state index in [1.165, 1.54) is 31.6 Å². The van der Waals surface area contributed by atoms with Gasteiger partial charge in [0.25, 0.3) is 0 Å². The molecule has 2 aromatic rings. The van der Waals surface area contributed by atoms with E-state index >= 15 is 0 Å². The van der Waals surface area contributed by atoms with Gasteiger partial charge < -0.3 is 18.3 Å². The van der Waals surface area contributed by atoms with Crippen molar-refractivity contribution in [3.05, 3.63) is 72.3 Å². The number of allylic oxidation sites excluding steroid dienone is 1. The summed E-state index contributed by atoms with van der Waals surface area (Å²) in [6, 6.07) is 19.6. The van der Waals surface area contributed by atoms with Crippen molar-refractivity contribution >= 4 is 34.6 Å². The van der Waals surface area contributed by atoms with Gasteiger partial charge in [0.2, 0.25) is 0 Å². The molecule has 0 bridgehead atoms. The van der Waals surface area contributed by atoms with Crippen molar-refractivity contribution in [3.63, 3.8) is 0 Å². The van der Waals surface area contributed by atoms with Crippen molar-refractivity contribution in [2.24, 2.45) is 11.8 Å². The lowest BCUT2D eigenvalue weighted by atomic mass is 9.86. The van der Waals surface area contributed by atoms with Crippen LogP contribution in [0, 0.1) is 11.8 Å². The predicted octanol–water partition coefficient (Wildman–Crippen LogP) is 12.3. The Hall–Kier alpha value is -1.41. The van der Waals surface area contributed by atoms with Crippen molar-refractivity contribution in [1.29, 1.82) is 0 Å². The molecule has 1 saturated heterocycles. The van der Waals surface area contributed by atoms with Crippen molar-refractivity contribution in [3.8, 4) is 5.75 Å². The van der Waals surface area contributed by atoms with Crippen LogP contribution in [-0.4, -0.2) is 60.2 Å². The van der Waals surface area contributed by atoms with Crippen LogP contribution in [0.25, 0.3) is 0 Å². The van der Waals surface area contributed by atoms with Crippen molar-refractivity contribution in [2.45, 2.75) is 156 Å². The maximum atomic E-state index is 7.37. The lowest BCUT2D eigenvalue weighted by Crippen LogP contribution is -2.50. The van der Waals surface area contributed by atoms with Crippen LogP contribution in [0.3, 0.4) is 0 Å². The van der Waals surface area contributed by atoms with E-state index in [-0.39, 0.29) is 40.2 Å². The molecule has 0 aromatic heterocycles. The van der Waals surface area contributed by atoms with Crippen LogP contribution >= 0.6 is 6.89 Å². The Morgan fingerprint density at radius 3 is 1.88 bits per heavy atom. The first-order valence-electron chi connectivity index (χ1n) is 19.7. The van der Waals surface area contributed by atoms with Crippen molar-refractivity contribution in [1.82, 2.24) is 0 Å². The van der Waals surface area contributed by atoms with Crippen LogP contribution in [-0.2, 0) is 20.2 Å². The minimum Gasteiger partial charge on any atom is -0.497 e. The molecule has 1 fully saturated rings. The topological polar surface area (TPSA) is 36.9 Å². The third kappa shape index (κ3) is 12.6. The van der Waals surface area contributed by atoms with Gasteiger partial charge in [0.1, 0.15) is 5.75 Å². The van der Waals surface area contributed by atoms with Gasteiger partial charge in [-0.05, 0) is 104 Å². The van der Waals surface area contributed by atoms with Gasteiger partial charge in [-0.25, -0.2) is 0 Å². The molecular formula is C44H75O4PSi2. The summed E-state index contributed by atoms with van der Waals surface area (Å²) in [5.41, 5.74) is 1.15. The number of benzene rings is 2. The van der Waals surface area contributed by atoms with Gasteiger partial charge >= 0.3 is 0 Å². The Morgan fingerprint density at radius 2 is 1.33 bits per heavy atom. The summed E-state index contributed by atoms with van der Waals surface area (Å²) in [5, 5.41) is 1.84. The molecule has 0 amide bonds. The van der Waals surface area contributed by atoms with Gasteiger partial charge in [-0.2, -0.15) is 0 Å². The normalized spacial score (nSPS) is 18.9. The third-order valence-electron chi connectivity index (χ3n) is 12.3. The van der Waals surface area contributed by atoms with E-state index in [1.807, 2.05) is 12.1 Å². The summed E-state index contributed by atoms with van der Waals surface area (Å²) in [4.78, 5) is 0. The SMILES string of the molecule is COc1ccc(CO[C@@H]([C@@H](C)/C=C\CC=P2(c3ccccc3)CCCCC2)[C@@H](C)C(C[C@@H](C)O[Si](C)(C)C(C)(C)C)O[Si](C)(C)C(C)(C)C)cc1. The molecule has 1 aliphatic heterocycles. The highest BCUT2D eigenvalue weighted by molar-refractivity contribution is 7.81. The molecule has 4 nitrogen and oxygen atoms in total. The Kier molecular flexibility index (Phi) is 16.2. The maximum Gasteiger partial charge on any atom is 0.192 e. The van der Waals surface area contributed by atoms with Crippen molar-refractivity contribution in [2.75, 3.05) is 19.4 Å². The Labute approximate surface area is 316 Å². The van der Waals surface area contributed by atoms with Gasteiger partial charge in [-0.3, -0.25) is 0 Å². The smallest absolute Gasteiger partial charge is 0.192 e. The standard InChI is InChI=1S/C44H75O4PSi2/c1-35(23-19-22-32-49(30-20-16-21-31-49)40-24-17-15-18-25-40)42(46-34-38-26-28-39(45-10)29-27-38)37(3)41(48-51(13,14)44(7,8)9)33-36(2)47-50(11,12)43(4,5)6/h15,17-19,23-29,32,35-37,41-42H,16,20-22,30-31,33-34H2,1-14H3/b23-19-/t35-,36+,37-,41?,42-/m0/s1. The van der Waals surface area contributed by atoms with E-state index in [1.54, 1.807) is 12.4 Å². The molecule has 0 aliphatic carbocycles. The summed E-state index contributed by atoms with van der Waals surface area (Å²) in [7, 11) is -2.33. The summed E-state index contributed by atoms with van der Waals surface area (Å²) < 4.78 is 26.7. The molecular weight excluding hydrogens is 680 g/mol. The molecule has 3 rings (SSSR count).